The standard InChI is InChI=1S/C11H20N4O.2ClH/c1-10-8-11(16-13-10)9-15-6-4-14(3-2-12)5-7-15;;/h8H,2-7,9,12H2,1H3;2*1H. The van der Waals surface area contributed by atoms with Gasteiger partial charge in [-0.15, -0.1) is 24.8 Å². The summed E-state index contributed by atoms with van der Waals surface area (Å²) >= 11 is 0. The predicted octanol–water partition coefficient (Wildman–Crippen LogP) is 0.903. The summed E-state index contributed by atoms with van der Waals surface area (Å²) in [5.41, 5.74) is 6.50. The van der Waals surface area contributed by atoms with Gasteiger partial charge in [-0.1, -0.05) is 5.16 Å². The molecule has 0 spiro atoms. The fourth-order valence-corrected chi connectivity index (χ4v) is 2.06. The van der Waals surface area contributed by atoms with Crippen LogP contribution >= 0.6 is 24.8 Å². The van der Waals surface area contributed by atoms with Crippen molar-refractivity contribution >= 4 is 24.8 Å². The number of halogens is 2. The van der Waals surface area contributed by atoms with Crippen molar-refractivity contribution in [3.8, 4) is 0 Å². The molecule has 2 N–H and O–H groups in total. The molecule has 1 aromatic rings. The number of nitrogens with two attached hydrogens (primary N) is 1. The van der Waals surface area contributed by atoms with Crippen molar-refractivity contribution < 1.29 is 4.52 Å². The highest BCUT2D eigenvalue weighted by molar-refractivity contribution is 5.85. The molecule has 0 saturated carbocycles. The zero-order chi connectivity index (χ0) is 11.4. The van der Waals surface area contributed by atoms with Crippen LogP contribution in [0.15, 0.2) is 10.6 Å². The molecule has 1 aromatic heterocycles. The molecule has 1 aliphatic heterocycles. The van der Waals surface area contributed by atoms with Gasteiger partial charge in [-0.2, -0.15) is 0 Å². The van der Waals surface area contributed by atoms with Gasteiger partial charge in [-0.25, -0.2) is 0 Å². The third kappa shape index (κ3) is 5.12. The van der Waals surface area contributed by atoms with Crippen molar-refractivity contribution in [2.45, 2.75) is 13.5 Å². The lowest BCUT2D eigenvalue weighted by Crippen LogP contribution is -2.47. The van der Waals surface area contributed by atoms with Crippen LogP contribution in [0.4, 0.5) is 0 Å². The molecule has 2 rings (SSSR count). The molecule has 0 radical (unpaired) electrons. The Labute approximate surface area is 120 Å². The largest absolute Gasteiger partial charge is 0.360 e. The Bertz CT molecular complexity index is 327. The summed E-state index contributed by atoms with van der Waals surface area (Å²) in [6, 6.07) is 2.01. The smallest absolute Gasteiger partial charge is 0.150 e. The molecule has 7 heteroatoms. The van der Waals surface area contributed by atoms with Crippen LogP contribution < -0.4 is 5.73 Å². The van der Waals surface area contributed by atoms with Gasteiger partial charge in [0.2, 0.25) is 0 Å². The van der Waals surface area contributed by atoms with E-state index in [4.69, 9.17) is 10.3 Å². The SMILES string of the molecule is Cc1cc(CN2CCN(CCN)CC2)on1.Cl.Cl. The van der Waals surface area contributed by atoms with Crippen molar-refractivity contribution in [1.29, 1.82) is 0 Å². The van der Waals surface area contributed by atoms with Crippen LogP contribution in [-0.4, -0.2) is 54.2 Å². The average molecular weight is 297 g/mol. The van der Waals surface area contributed by atoms with E-state index in [-0.39, 0.29) is 24.8 Å². The van der Waals surface area contributed by atoms with Crippen molar-refractivity contribution in [2.24, 2.45) is 5.73 Å². The van der Waals surface area contributed by atoms with Crippen LogP contribution in [0.5, 0.6) is 0 Å². The van der Waals surface area contributed by atoms with Crippen LogP contribution in [0, 0.1) is 6.92 Å². The molecule has 1 aliphatic rings. The molecule has 0 amide bonds. The Morgan fingerprint density at radius 3 is 2.33 bits per heavy atom. The minimum absolute atomic E-state index is 0. The van der Waals surface area contributed by atoms with Crippen molar-refractivity contribution in [3.63, 3.8) is 0 Å². The lowest BCUT2D eigenvalue weighted by molar-refractivity contribution is 0.121. The number of piperazine rings is 1. The minimum atomic E-state index is 0. The van der Waals surface area contributed by atoms with E-state index in [2.05, 4.69) is 15.0 Å². The Kier molecular flexibility index (Phi) is 8.56. The van der Waals surface area contributed by atoms with Gasteiger partial charge in [0.15, 0.2) is 5.76 Å². The third-order valence-electron chi connectivity index (χ3n) is 2.97. The molecule has 18 heavy (non-hydrogen) atoms. The normalized spacial score (nSPS) is 17.0. The van der Waals surface area contributed by atoms with Gasteiger partial charge in [0.1, 0.15) is 0 Å². The van der Waals surface area contributed by atoms with Gasteiger partial charge in [0.25, 0.3) is 0 Å². The molecule has 106 valence electrons. The zero-order valence-corrected chi connectivity index (χ0v) is 12.3. The zero-order valence-electron chi connectivity index (χ0n) is 10.7. The van der Waals surface area contributed by atoms with E-state index in [0.717, 1.165) is 57.3 Å². The van der Waals surface area contributed by atoms with Gasteiger partial charge in [0.05, 0.1) is 12.2 Å². The highest BCUT2D eigenvalue weighted by atomic mass is 35.5. The molecule has 1 fully saturated rings. The summed E-state index contributed by atoms with van der Waals surface area (Å²) in [5, 5.41) is 3.90. The first-order valence-corrected chi connectivity index (χ1v) is 5.85. The van der Waals surface area contributed by atoms with E-state index >= 15 is 0 Å². The number of hydrogen-bond donors (Lipinski definition) is 1. The molecule has 1 saturated heterocycles. The number of hydrogen-bond acceptors (Lipinski definition) is 5. The highest BCUT2D eigenvalue weighted by Gasteiger charge is 2.17. The van der Waals surface area contributed by atoms with E-state index in [0.29, 0.717) is 0 Å². The van der Waals surface area contributed by atoms with Crippen molar-refractivity contribution in [1.82, 2.24) is 15.0 Å². The maximum absolute atomic E-state index is 5.54. The molecule has 0 atom stereocenters. The second-order valence-corrected chi connectivity index (χ2v) is 4.34. The Morgan fingerprint density at radius 2 is 1.83 bits per heavy atom. The maximum atomic E-state index is 5.54. The van der Waals surface area contributed by atoms with Gasteiger partial charge >= 0.3 is 0 Å². The van der Waals surface area contributed by atoms with Crippen LogP contribution in [0.25, 0.3) is 0 Å². The highest BCUT2D eigenvalue weighted by Crippen LogP contribution is 2.09. The number of aryl methyl sites for hydroxylation is 1. The van der Waals surface area contributed by atoms with Crippen LogP contribution in [-0.2, 0) is 6.54 Å². The molecular formula is C11H22Cl2N4O. The van der Waals surface area contributed by atoms with Gasteiger partial charge < -0.3 is 10.3 Å². The molecule has 0 unspecified atom stereocenters. The number of rotatable bonds is 4. The van der Waals surface area contributed by atoms with Gasteiger partial charge in [0, 0.05) is 45.3 Å². The first-order valence-electron chi connectivity index (χ1n) is 5.85. The van der Waals surface area contributed by atoms with Gasteiger partial charge in [-0.3, -0.25) is 9.80 Å². The first kappa shape index (κ1) is 17.7. The first-order chi connectivity index (χ1) is 7.78. The fraction of sp³-hybridized carbons (Fsp3) is 0.727. The van der Waals surface area contributed by atoms with Crippen LogP contribution in [0.3, 0.4) is 0 Å². The van der Waals surface area contributed by atoms with Crippen molar-refractivity contribution in [2.75, 3.05) is 39.3 Å². The number of nitrogens with zero attached hydrogens (tertiary/aromatic N) is 3. The topological polar surface area (TPSA) is 58.5 Å². The lowest BCUT2D eigenvalue weighted by atomic mass is 10.3. The Morgan fingerprint density at radius 1 is 1.22 bits per heavy atom. The fourth-order valence-electron chi connectivity index (χ4n) is 2.06. The summed E-state index contributed by atoms with van der Waals surface area (Å²) in [6.45, 7) is 8.95. The Balaban J connectivity index is 0.00000144. The Hall–Kier alpha value is -0.330. The van der Waals surface area contributed by atoms with E-state index in [1.54, 1.807) is 0 Å². The van der Waals surface area contributed by atoms with Crippen molar-refractivity contribution in [3.05, 3.63) is 17.5 Å². The number of aromatic nitrogens is 1. The van der Waals surface area contributed by atoms with E-state index in [1.807, 2.05) is 13.0 Å². The molecular weight excluding hydrogens is 275 g/mol. The van der Waals surface area contributed by atoms with E-state index in [9.17, 15) is 0 Å². The summed E-state index contributed by atoms with van der Waals surface area (Å²) in [6.07, 6.45) is 0. The summed E-state index contributed by atoms with van der Waals surface area (Å²) in [4.78, 5) is 4.80. The minimum Gasteiger partial charge on any atom is -0.360 e. The lowest BCUT2D eigenvalue weighted by Gasteiger charge is -2.33. The van der Waals surface area contributed by atoms with Gasteiger partial charge in [-0.05, 0) is 6.92 Å². The molecule has 0 aliphatic carbocycles. The summed E-state index contributed by atoms with van der Waals surface area (Å²) in [5.74, 6) is 0.963. The summed E-state index contributed by atoms with van der Waals surface area (Å²) < 4.78 is 5.22. The monoisotopic (exact) mass is 296 g/mol. The average Bonchev–Trinajstić information content (AvgIpc) is 2.67. The molecule has 5 nitrogen and oxygen atoms in total. The predicted molar refractivity (Wildman–Crippen MR) is 76.5 cm³/mol. The van der Waals surface area contributed by atoms with E-state index < -0.39 is 0 Å². The maximum Gasteiger partial charge on any atom is 0.150 e. The quantitative estimate of drug-likeness (QED) is 0.895. The summed E-state index contributed by atoms with van der Waals surface area (Å²) in [7, 11) is 0. The van der Waals surface area contributed by atoms with Crippen LogP contribution in [0.2, 0.25) is 0 Å². The molecule has 2 heterocycles. The molecule has 0 aromatic carbocycles. The second-order valence-electron chi connectivity index (χ2n) is 4.34. The van der Waals surface area contributed by atoms with E-state index in [1.165, 1.54) is 0 Å². The second kappa shape index (κ2) is 8.72. The molecule has 0 bridgehead atoms. The van der Waals surface area contributed by atoms with Crippen LogP contribution in [0.1, 0.15) is 11.5 Å². The third-order valence-corrected chi connectivity index (χ3v) is 2.97.